The first-order chi connectivity index (χ1) is 16.1. The second-order valence-electron chi connectivity index (χ2n) is 8.68. The fourth-order valence-corrected chi connectivity index (χ4v) is 4.51. The van der Waals surface area contributed by atoms with Gasteiger partial charge in [-0.3, -0.25) is 9.59 Å². The Morgan fingerprint density at radius 3 is 2.76 bits per heavy atom. The molecule has 6 heteroatoms. The number of furan rings is 1. The molecule has 1 fully saturated rings. The van der Waals surface area contributed by atoms with Crippen molar-refractivity contribution in [2.45, 2.75) is 25.3 Å². The standard InChI is InChI=1S/C27H27N3O3/c1-30-15-5-4-6-20(30)17-28-26(31)19-11-9-18(10-12-19)25-14-13-21(33-25)16-23-22-7-2-3-8-24(22)29-27(23)32/h2-3,7-14,16,20H,4-6,15,17H2,1H3,(H,28,31)(H,29,32)/b23-16+. The van der Waals surface area contributed by atoms with Crippen LogP contribution in [0.5, 0.6) is 0 Å². The molecule has 6 nitrogen and oxygen atoms in total. The van der Waals surface area contributed by atoms with Crippen LogP contribution < -0.4 is 10.6 Å². The first-order valence-electron chi connectivity index (χ1n) is 11.4. The Morgan fingerprint density at radius 1 is 1.12 bits per heavy atom. The lowest BCUT2D eigenvalue weighted by Crippen LogP contribution is -2.44. The third-order valence-electron chi connectivity index (χ3n) is 6.47. The highest BCUT2D eigenvalue weighted by molar-refractivity contribution is 6.34. The minimum absolute atomic E-state index is 0.0590. The molecule has 5 rings (SSSR count). The molecule has 0 radical (unpaired) electrons. The Labute approximate surface area is 193 Å². The second-order valence-corrected chi connectivity index (χ2v) is 8.68. The maximum atomic E-state index is 12.6. The van der Waals surface area contributed by atoms with E-state index in [1.807, 2.05) is 60.7 Å². The Kier molecular flexibility index (Phi) is 5.84. The fraction of sp³-hybridized carbons (Fsp3) is 0.259. The van der Waals surface area contributed by atoms with E-state index < -0.39 is 0 Å². The van der Waals surface area contributed by atoms with Crippen molar-refractivity contribution in [3.8, 4) is 11.3 Å². The van der Waals surface area contributed by atoms with Crippen LogP contribution in [0.4, 0.5) is 5.69 Å². The molecule has 168 valence electrons. The monoisotopic (exact) mass is 441 g/mol. The van der Waals surface area contributed by atoms with Crippen molar-refractivity contribution in [3.63, 3.8) is 0 Å². The molecule has 1 unspecified atom stereocenters. The highest BCUT2D eigenvalue weighted by Gasteiger charge is 2.24. The minimum atomic E-state index is -0.135. The molecular formula is C27H27N3O3. The van der Waals surface area contributed by atoms with Crippen LogP contribution in [-0.4, -0.2) is 42.9 Å². The van der Waals surface area contributed by atoms with Crippen LogP contribution in [-0.2, 0) is 4.79 Å². The molecule has 0 aliphatic carbocycles. The third-order valence-corrected chi connectivity index (χ3v) is 6.47. The Hall–Kier alpha value is -3.64. The summed E-state index contributed by atoms with van der Waals surface area (Å²) in [5.74, 6) is 1.09. The largest absolute Gasteiger partial charge is 0.457 e. The predicted octanol–water partition coefficient (Wildman–Crippen LogP) is 4.65. The Balaban J connectivity index is 1.26. The second kappa shape index (κ2) is 9.08. The first-order valence-corrected chi connectivity index (χ1v) is 11.4. The number of likely N-dealkylation sites (tertiary alicyclic amines) is 1. The van der Waals surface area contributed by atoms with Gasteiger partial charge in [0.25, 0.3) is 11.8 Å². The van der Waals surface area contributed by atoms with E-state index >= 15 is 0 Å². The van der Waals surface area contributed by atoms with Crippen molar-refractivity contribution < 1.29 is 14.0 Å². The molecular weight excluding hydrogens is 414 g/mol. The van der Waals surface area contributed by atoms with Crippen molar-refractivity contribution in [2.24, 2.45) is 0 Å². The molecule has 33 heavy (non-hydrogen) atoms. The molecule has 3 aromatic rings. The lowest BCUT2D eigenvalue weighted by molar-refractivity contribution is -0.110. The summed E-state index contributed by atoms with van der Waals surface area (Å²) >= 11 is 0. The van der Waals surface area contributed by atoms with Crippen LogP contribution >= 0.6 is 0 Å². The number of fused-ring (bicyclic) bond motifs is 1. The van der Waals surface area contributed by atoms with Crippen molar-refractivity contribution in [2.75, 3.05) is 25.5 Å². The number of piperidine rings is 1. The number of carbonyl (C=O) groups is 2. The number of carbonyl (C=O) groups excluding carboxylic acids is 2. The summed E-state index contributed by atoms with van der Waals surface area (Å²) in [5, 5.41) is 5.93. The normalized spacial score (nSPS) is 19.4. The number of nitrogens with zero attached hydrogens (tertiary/aromatic N) is 1. The highest BCUT2D eigenvalue weighted by atomic mass is 16.3. The Morgan fingerprint density at radius 2 is 1.94 bits per heavy atom. The van der Waals surface area contributed by atoms with Crippen LogP contribution in [0.3, 0.4) is 0 Å². The summed E-state index contributed by atoms with van der Waals surface area (Å²) in [6.07, 6.45) is 5.34. The lowest BCUT2D eigenvalue weighted by atomic mass is 10.0. The van der Waals surface area contributed by atoms with Gasteiger partial charge in [0.05, 0.1) is 5.57 Å². The molecule has 1 aromatic heterocycles. The molecule has 2 aliphatic rings. The molecule has 0 bridgehead atoms. The van der Waals surface area contributed by atoms with E-state index in [4.69, 9.17) is 4.42 Å². The van der Waals surface area contributed by atoms with Gasteiger partial charge >= 0.3 is 0 Å². The number of benzene rings is 2. The van der Waals surface area contributed by atoms with Crippen LogP contribution in [0.15, 0.2) is 65.1 Å². The van der Waals surface area contributed by atoms with Crippen molar-refractivity contribution in [3.05, 3.63) is 77.6 Å². The zero-order valence-corrected chi connectivity index (χ0v) is 18.6. The number of para-hydroxylation sites is 1. The zero-order chi connectivity index (χ0) is 22.8. The van der Waals surface area contributed by atoms with Gasteiger partial charge in [0.1, 0.15) is 11.5 Å². The SMILES string of the molecule is CN1CCCCC1CNC(=O)c1ccc(-c2ccc(/C=C3/C(=O)Nc4ccccc43)o2)cc1. The average molecular weight is 442 g/mol. The summed E-state index contributed by atoms with van der Waals surface area (Å²) < 4.78 is 5.97. The Bertz CT molecular complexity index is 1210. The maximum Gasteiger partial charge on any atom is 0.256 e. The van der Waals surface area contributed by atoms with Crippen molar-refractivity contribution >= 4 is 29.2 Å². The fourth-order valence-electron chi connectivity index (χ4n) is 4.51. The van der Waals surface area contributed by atoms with E-state index in [1.54, 1.807) is 6.08 Å². The van der Waals surface area contributed by atoms with E-state index in [2.05, 4.69) is 22.6 Å². The van der Waals surface area contributed by atoms with Gasteiger partial charge in [-0.2, -0.15) is 0 Å². The molecule has 0 spiro atoms. The molecule has 3 heterocycles. The molecule has 0 saturated carbocycles. The van der Waals surface area contributed by atoms with E-state index in [0.29, 0.717) is 35.2 Å². The molecule has 2 aliphatic heterocycles. The number of nitrogens with one attached hydrogen (secondary N) is 2. The first kappa shape index (κ1) is 21.2. The molecule has 1 saturated heterocycles. The van der Waals surface area contributed by atoms with Gasteiger partial charge in [0.2, 0.25) is 0 Å². The quantitative estimate of drug-likeness (QED) is 0.565. The number of anilines is 1. The topological polar surface area (TPSA) is 74.6 Å². The summed E-state index contributed by atoms with van der Waals surface area (Å²) in [7, 11) is 2.12. The van der Waals surface area contributed by atoms with Gasteiger partial charge in [0, 0.05) is 35.0 Å². The lowest BCUT2D eigenvalue weighted by Gasteiger charge is -2.32. The van der Waals surface area contributed by atoms with Crippen molar-refractivity contribution in [1.82, 2.24) is 10.2 Å². The van der Waals surface area contributed by atoms with Gasteiger partial charge in [-0.15, -0.1) is 0 Å². The maximum absolute atomic E-state index is 12.6. The predicted molar refractivity (Wildman–Crippen MR) is 130 cm³/mol. The minimum Gasteiger partial charge on any atom is -0.457 e. The molecule has 2 N–H and O–H groups in total. The smallest absolute Gasteiger partial charge is 0.256 e. The molecule has 1 atom stereocenters. The van der Waals surface area contributed by atoms with E-state index in [0.717, 1.165) is 29.8 Å². The van der Waals surface area contributed by atoms with Gasteiger partial charge in [-0.25, -0.2) is 0 Å². The number of rotatable bonds is 5. The van der Waals surface area contributed by atoms with Crippen LogP contribution in [0.25, 0.3) is 23.0 Å². The summed E-state index contributed by atoms with van der Waals surface area (Å²) in [6, 6.07) is 19.1. The zero-order valence-electron chi connectivity index (χ0n) is 18.6. The van der Waals surface area contributed by atoms with Gasteiger partial charge in [-0.1, -0.05) is 36.8 Å². The van der Waals surface area contributed by atoms with Gasteiger partial charge in [0.15, 0.2) is 0 Å². The number of likely N-dealkylation sites (N-methyl/N-ethyl adjacent to an activating group) is 1. The van der Waals surface area contributed by atoms with E-state index in [9.17, 15) is 9.59 Å². The third kappa shape index (κ3) is 4.47. The number of hydrogen-bond donors (Lipinski definition) is 2. The molecule has 2 amide bonds. The number of amides is 2. The average Bonchev–Trinajstić information content (AvgIpc) is 3.43. The van der Waals surface area contributed by atoms with Crippen LogP contribution in [0.2, 0.25) is 0 Å². The van der Waals surface area contributed by atoms with Gasteiger partial charge in [-0.05, 0) is 62.8 Å². The highest BCUT2D eigenvalue weighted by Crippen LogP contribution is 2.33. The van der Waals surface area contributed by atoms with E-state index in [1.165, 1.54) is 12.8 Å². The van der Waals surface area contributed by atoms with Gasteiger partial charge < -0.3 is 20.0 Å². The van der Waals surface area contributed by atoms with Crippen LogP contribution in [0.1, 0.15) is 40.9 Å². The number of hydrogen-bond acceptors (Lipinski definition) is 4. The van der Waals surface area contributed by atoms with E-state index in [-0.39, 0.29) is 11.8 Å². The van der Waals surface area contributed by atoms with Crippen LogP contribution in [0, 0.1) is 0 Å². The summed E-state index contributed by atoms with van der Waals surface area (Å²) in [4.78, 5) is 27.2. The summed E-state index contributed by atoms with van der Waals surface area (Å²) in [5.41, 5.74) is 3.77. The molecule has 2 aromatic carbocycles. The summed E-state index contributed by atoms with van der Waals surface area (Å²) in [6.45, 7) is 1.76. The van der Waals surface area contributed by atoms with Crippen molar-refractivity contribution in [1.29, 1.82) is 0 Å².